The van der Waals surface area contributed by atoms with Crippen molar-refractivity contribution in [2.24, 2.45) is 0 Å². The van der Waals surface area contributed by atoms with Crippen LogP contribution in [0.3, 0.4) is 0 Å². The highest BCUT2D eigenvalue weighted by atomic mass is 19.1. The van der Waals surface area contributed by atoms with E-state index in [-0.39, 0.29) is 29.7 Å². The molecule has 3 heterocycles. The summed E-state index contributed by atoms with van der Waals surface area (Å²) in [5.74, 6) is 2.16. The van der Waals surface area contributed by atoms with Crippen LogP contribution >= 0.6 is 0 Å². The summed E-state index contributed by atoms with van der Waals surface area (Å²) in [5, 5.41) is 16.1. The number of nitrogen functional groups attached to an aromatic ring is 2. The quantitative estimate of drug-likeness (QED) is 0.102. The van der Waals surface area contributed by atoms with Crippen LogP contribution in [0.2, 0.25) is 0 Å². The number of rotatable bonds is 16. The second-order valence-corrected chi connectivity index (χ2v) is 9.27. The summed E-state index contributed by atoms with van der Waals surface area (Å²) >= 11 is 0. The number of hydrogen-bond acceptors (Lipinski definition) is 13. The van der Waals surface area contributed by atoms with Gasteiger partial charge in [0.1, 0.15) is 23.6 Å². The molecule has 3 aromatic heterocycles. The van der Waals surface area contributed by atoms with E-state index in [9.17, 15) is 4.39 Å². The Hall–Kier alpha value is -4.23. The first kappa shape index (κ1) is 29.3. The summed E-state index contributed by atoms with van der Waals surface area (Å²) in [4.78, 5) is 25.5. The summed E-state index contributed by atoms with van der Waals surface area (Å²) in [5.41, 5.74) is 11.8. The molecule has 13 nitrogen and oxygen atoms in total. The number of nitrogens with one attached hydrogen (secondary N) is 5. The summed E-state index contributed by atoms with van der Waals surface area (Å²) in [7, 11) is 0. The number of aryl methyl sites for hydroxylation is 1. The van der Waals surface area contributed by atoms with Gasteiger partial charge < -0.3 is 38.1 Å². The molecule has 39 heavy (non-hydrogen) atoms. The molecular weight excluding hydrogens is 501 g/mol. The Labute approximate surface area is 228 Å². The maximum absolute atomic E-state index is 14.5. The fraction of sp³-hybridized carbons (Fsp3) is 0.520. The molecule has 0 aromatic carbocycles. The van der Waals surface area contributed by atoms with Crippen LogP contribution < -0.4 is 38.1 Å². The van der Waals surface area contributed by atoms with Gasteiger partial charge in [-0.25, -0.2) is 14.4 Å². The molecule has 0 fully saturated rings. The first-order chi connectivity index (χ1) is 18.8. The van der Waals surface area contributed by atoms with Gasteiger partial charge in [-0.15, -0.1) is 0 Å². The SMILES string of the molecule is CCCCNc1cc(N)nc(NC(C)CCNc2ccnc(NC(CCC)Nc3nc(N)nc(C)c3F)n2)n1. The van der Waals surface area contributed by atoms with Crippen molar-refractivity contribution in [1.29, 1.82) is 0 Å². The van der Waals surface area contributed by atoms with Crippen LogP contribution in [-0.2, 0) is 0 Å². The molecule has 0 aliphatic heterocycles. The summed E-state index contributed by atoms with van der Waals surface area (Å²) < 4.78 is 14.5. The van der Waals surface area contributed by atoms with Crippen LogP contribution in [0.4, 0.5) is 45.5 Å². The van der Waals surface area contributed by atoms with E-state index in [1.807, 2.05) is 13.8 Å². The van der Waals surface area contributed by atoms with Crippen molar-refractivity contribution in [3.8, 4) is 0 Å². The largest absolute Gasteiger partial charge is 0.383 e. The minimum absolute atomic E-state index is 0.00388. The first-order valence-electron chi connectivity index (χ1n) is 13.3. The number of nitrogens with zero attached hydrogens (tertiary/aromatic N) is 6. The van der Waals surface area contributed by atoms with Gasteiger partial charge >= 0.3 is 0 Å². The van der Waals surface area contributed by atoms with Crippen molar-refractivity contribution < 1.29 is 4.39 Å². The van der Waals surface area contributed by atoms with Crippen LogP contribution in [0.1, 0.15) is 58.6 Å². The predicted molar refractivity (Wildman–Crippen MR) is 155 cm³/mol. The molecule has 0 aliphatic rings. The minimum Gasteiger partial charge on any atom is -0.383 e. The Balaban J connectivity index is 1.53. The Morgan fingerprint density at radius 2 is 1.64 bits per heavy atom. The maximum atomic E-state index is 14.5. The summed E-state index contributed by atoms with van der Waals surface area (Å²) in [6.07, 6.45) is 5.73. The average molecular weight is 542 g/mol. The van der Waals surface area contributed by atoms with Gasteiger partial charge in [-0.05, 0) is 39.2 Å². The maximum Gasteiger partial charge on any atom is 0.226 e. The molecule has 2 atom stereocenters. The van der Waals surface area contributed by atoms with Gasteiger partial charge in [0, 0.05) is 31.4 Å². The predicted octanol–water partition coefficient (Wildman–Crippen LogP) is 3.83. The zero-order valence-corrected chi connectivity index (χ0v) is 23.1. The van der Waals surface area contributed by atoms with Crippen LogP contribution in [0.25, 0.3) is 0 Å². The highest BCUT2D eigenvalue weighted by molar-refractivity contribution is 5.50. The third-order valence-corrected chi connectivity index (χ3v) is 5.72. The molecule has 3 aromatic rings. The van der Waals surface area contributed by atoms with E-state index in [1.165, 1.54) is 0 Å². The van der Waals surface area contributed by atoms with Crippen molar-refractivity contribution in [2.75, 3.05) is 51.1 Å². The average Bonchev–Trinajstić information content (AvgIpc) is 2.87. The number of nitrogens with two attached hydrogens (primary N) is 2. The topological polar surface area (TPSA) is 190 Å². The van der Waals surface area contributed by atoms with Crippen molar-refractivity contribution in [3.63, 3.8) is 0 Å². The monoisotopic (exact) mass is 541 g/mol. The van der Waals surface area contributed by atoms with Crippen LogP contribution in [0.5, 0.6) is 0 Å². The first-order valence-corrected chi connectivity index (χ1v) is 13.3. The molecule has 0 radical (unpaired) electrons. The van der Waals surface area contributed by atoms with Gasteiger partial charge in [0.2, 0.25) is 17.8 Å². The molecule has 14 heteroatoms. The molecule has 0 saturated carbocycles. The molecule has 9 N–H and O–H groups in total. The Morgan fingerprint density at radius 1 is 0.872 bits per heavy atom. The second kappa shape index (κ2) is 14.6. The van der Waals surface area contributed by atoms with Gasteiger partial charge in [-0.1, -0.05) is 26.7 Å². The van der Waals surface area contributed by atoms with E-state index in [2.05, 4.69) is 63.4 Å². The number of aromatic nitrogens is 6. The van der Waals surface area contributed by atoms with Gasteiger partial charge in [-0.2, -0.15) is 19.9 Å². The Bertz CT molecular complexity index is 1190. The van der Waals surface area contributed by atoms with Crippen molar-refractivity contribution in [2.45, 2.75) is 72.0 Å². The van der Waals surface area contributed by atoms with Gasteiger partial charge in [0.15, 0.2) is 11.6 Å². The lowest BCUT2D eigenvalue weighted by Crippen LogP contribution is -2.31. The molecule has 212 valence electrons. The molecule has 2 unspecified atom stereocenters. The second-order valence-electron chi connectivity index (χ2n) is 9.27. The van der Waals surface area contributed by atoms with E-state index in [0.717, 1.165) is 32.2 Å². The van der Waals surface area contributed by atoms with Gasteiger partial charge in [-0.3, -0.25) is 0 Å². The van der Waals surface area contributed by atoms with Crippen LogP contribution in [0.15, 0.2) is 18.3 Å². The fourth-order valence-corrected chi connectivity index (χ4v) is 3.72. The smallest absolute Gasteiger partial charge is 0.226 e. The lowest BCUT2D eigenvalue weighted by molar-refractivity contribution is 0.598. The molecular formula is C25H40FN13. The summed E-state index contributed by atoms with van der Waals surface area (Å²) in [6, 6.07) is 3.60. The lowest BCUT2D eigenvalue weighted by atomic mass is 10.2. The number of hydrogen-bond donors (Lipinski definition) is 7. The van der Waals surface area contributed by atoms with Crippen LogP contribution in [0, 0.1) is 12.7 Å². The molecule has 0 bridgehead atoms. The molecule has 0 saturated heterocycles. The lowest BCUT2D eigenvalue weighted by Gasteiger charge is -2.21. The van der Waals surface area contributed by atoms with Crippen LogP contribution in [-0.4, -0.2) is 55.2 Å². The highest BCUT2D eigenvalue weighted by Crippen LogP contribution is 2.18. The third-order valence-electron chi connectivity index (χ3n) is 5.72. The zero-order valence-electron chi connectivity index (χ0n) is 23.1. The Kier molecular flexibility index (Phi) is 11.0. The van der Waals surface area contributed by atoms with E-state index in [1.54, 1.807) is 25.3 Å². The zero-order chi connectivity index (χ0) is 28.2. The van der Waals surface area contributed by atoms with Crippen molar-refractivity contribution in [1.82, 2.24) is 29.9 Å². The number of halogens is 1. The fourth-order valence-electron chi connectivity index (χ4n) is 3.72. The molecule has 0 amide bonds. The van der Waals surface area contributed by atoms with Gasteiger partial charge in [0.25, 0.3) is 0 Å². The van der Waals surface area contributed by atoms with E-state index in [4.69, 9.17) is 11.5 Å². The van der Waals surface area contributed by atoms with E-state index >= 15 is 0 Å². The van der Waals surface area contributed by atoms with E-state index < -0.39 is 5.82 Å². The van der Waals surface area contributed by atoms with Crippen molar-refractivity contribution >= 4 is 41.1 Å². The highest BCUT2D eigenvalue weighted by Gasteiger charge is 2.16. The summed E-state index contributed by atoms with van der Waals surface area (Å²) in [6.45, 7) is 9.24. The Morgan fingerprint density at radius 3 is 2.41 bits per heavy atom. The number of anilines is 7. The van der Waals surface area contributed by atoms with Gasteiger partial charge in [0.05, 0.1) is 5.69 Å². The van der Waals surface area contributed by atoms with Crippen molar-refractivity contribution in [3.05, 3.63) is 29.8 Å². The number of unbranched alkanes of at least 4 members (excludes halogenated alkanes) is 1. The molecule has 3 rings (SSSR count). The molecule has 0 spiro atoms. The standard InChI is InChI=1S/C25H40FN13/c1-5-7-11-29-20-14-17(27)34-25(38-20)32-15(3)9-12-30-18-10-13-31-24(36-18)37-19(8-6-2)35-22-21(26)16(4)33-23(28)39-22/h10,13-15,19H,5-9,11-12H2,1-4H3,(H3,28,33,35,39)(H2,30,31,36,37)(H4,27,29,32,34,38). The normalized spacial score (nSPS) is 12.4. The molecule has 0 aliphatic carbocycles. The van der Waals surface area contributed by atoms with E-state index in [0.29, 0.717) is 42.3 Å². The minimum atomic E-state index is -0.543. The third kappa shape index (κ3) is 9.54.